The zero-order chi connectivity index (χ0) is 4.12. The summed E-state index contributed by atoms with van der Waals surface area (Å²) in [5.41, 5.74) is 0. The Hall–Kier alpha value is -0.0500. The molecule has 0 aromatic heterocycles. The van der Waals surface area contributed by atoms with Gasteiger partial charge in [-0.15, -0.1) is 0 Å². The van der Waals surface area contributed by atoms with E-state index in [0.717, 1.165) is 6.26 Å². The second kappa shape index (κ2) is 3.95. The summed E-state index contributed by atoms with van der Waals surface area (Å²) in [6.45, 7) is 0. The maximum Gasteiger partial charge on any atom is 0.178 e. The van der Waals surface area contributed by atoms with Gasteiger partial charge in [-0.2, -0.15) is 0 Å². The van der Waals surface area contributed by atoms with Crippen LogP contribution in [-0.4, -0.2) is 0 Å². The van der Waals surface area contributed by atoms with Gasteiger partial charge < -0.3 is 3.83 Å². The van der Waals surface area contributed by atoms with Crippen LogP contribution in [0.3, 0.4) is 0 Å². The largest absolute Gasteiger partial charge is 0.424 e. The van der Waals surface area contributed by atoms with Crippen LogP contribution in [0.25, 0.3) is 0 Å². The predicted octanol–water partition coefficient (Wildman–Crippen LogP) is 1.75. The van der Waals surface area contributed by atoms with E-state index in [-0.39, 0.29) is 6.33 Å². The Morgan fingerprint density at radius 3 is 2.40 bits per heavy atom. The third-order valence-corrected chi connectivity index (χ3v) is 0.319. The van der Waals surface area contributed by atoms with Crippen molar-refractivity contribution in [3.8, 4) is 0 Å². The average Bonchev–Trinajstić information content (AvgIpc) is 1.41. The highest BCUT2D eigenvalue weighted by Gasteiger charge is 1.54. The van der Waals surface area contributed by atoms with Crippen LogP contribution >= 0.6 is 16.3 Å². The summed E-state index contributed by atoms with van der Waals surface area (Å²) in [6.07, 6.45) is 1.16. The van der Waals surface area contributed by atoms with Crippen molar-refractivity contribution in [3.05, 3.63) is 12.6 Å². The number of rotatable bonds is 1. The van der Waals surface area contributed by atoms with Crippen LogP contribution < -0.4 is 0 Å². The Balaban J connectivity index is 2.62. The van der Waals surface area contributed by atoms with Gasteiger partial charge in [0.2, 0.25) is 0 Å². The molecule has 0 aliphatic rings. The third-order valence-electron chi connectivity index (χ3n) is 0.103. The Morgan fingerprint density at radius 2 is 2.40 bits per heavy atom. The molecule has 0 aromatic carbocycles. The lowest BCUT2D eigenvalue weighted by atomic mass is 11.1. The van der Waals surface area contributed by atoms with Crippen molar-refractivity contribution >= 4 is 16.3 Å². The van der Waals surface area contributed by atoms with Gasteiger partial charge in [-0.25, -0.2) is 4.39 Å². The van der Waals surface area contributed by atoms with Gasteiger partial charge in [0.1, 0.15) is 12.6 Å². The van der Waals surface area contributed by atoms with Crippen molar-refractivity contribution in [2.45, 2.75) is 0 Å². The summed E-state index contributed by atoms with van der Waals surface area (Å²) < 4.78 is 14.6. The van der Waals surface area contributed by atoms with E-state index in [0.29, 0.717) is 0 Å². The van der Waals surface area contributed by atoms with Crippen molar-refractivity contribution < 1.29 is 8.22 Å². The summed E-state index contributed by atoms with van der Waals surface area (Å²) in [6, 6.07) is 0. The maximum atomic E-state index is 10.7. The SMILES string of the molecule is FC=COBr. The number of hydrogen-bond acceptors (Lipinski definition) is 1. The zero-order valence-corrected chi connectivity index (χ0v) is 3.90. The molecule has 0 aliphatic heterocycles. The average molecular weight is 141 g/mol. The summed E-state index contributed by atoms with van der Waals surface area (Å²) >= 11 is 2.48. The molecule has 0 fully saturated rings. The first-order chi connectivity index (χ1) is 2.41. The molecule has 1 nitrogen and oxygen atoms in total. The Bertz CT molecular complexity index is 36.6. The van der Waals surface area contributed by atoms with Gasteiger partial charge in [0.25, 0.3) is 0 Å². The van der Waals surface area contributed by atoms with Crippen LogP contribution in [0.2, 0.25) is 0 Å². The van der Waals surface area contributed by atoms with Gasteiger partial charge >= 0.3 is 0 Å². The minimum Gasteiger partial charge on any atom is -0.424 e. The van der Waals surface area contributed by atoms with Crippen molar-refractivity contribution in [2.24, 2.45) is 0 Å². The highest BCUT2D eigenvalue weighted by molar-refractivity contribution is 9.06. The molecule has 0 unspecified atom stereocenters. The summed E-state index contributed by atoms with van der Waals surface area (Å²) in [5.74, 6) is 0. The van der Waals surface area contributed by atoms with Crippen LogP contribution in [0, 0.1) is 0 Å². The molecule has 0 spiro atoms. The predicted molar refractivity (Wildman–Crippen MR) is 20.3 cm³/mol. The van der Waals surface area contributed by atoms with Gasteiger partial charge in [0.15, 0.2) is 16.3 Å². The van der Waals surface area contributed by atoms with E-state index in [2.05, 4.69) is 20.1 Å². The second-order valence-corrected chi connectivity index (χ2v) is 0.725. The van der Waals surface area contributed by atoms with Crippen LogP contribution in [0.5, 0.6) is 0 Å². The van der Waals surface area contributed by atoms with E-state index >= 15 is 0 Å². The van der Waals surface area contributed by atoms with Gasteiger partial charge in [0, 0.05) is 0 Å². The molecule has 0 aliphatic carbocycles. The van der Waals surface area contributed by atoms with Crippen LogP contribution in [0.4, 0.5) is 4.39 Å². The fraction of sp³-hybridized carbons (Fsp3) is 0. The molecule has 5 heavy (non-hydrogen) atoms. The number of halogens is 2. The fourth-order valence-corrected chi connectivity index (χ4v) is 0.101. The molecule has 0 atom stereocenters. The standard InChI is InChI=1S/C2H2BrFO/c3-5-2-1-4/h1-2H. The smallest absolute Gasteiger partial charge is 0.178 e. The normalized spacial score (nSPS) is 9.20. The number of hydrogen-bond donors (Lipinski definition) is 0. The molecule has 0 rings (SSSR count). The lowest BCUT2D eigenvalue weighted by Crippen LogP contribution is -1.42. The highest BCUT2D eigenvalue weighted by atomic mass is 79.9. The molecular weight excluding hydrogens is 139 g/mol. The highest BCUT2D eigenvalue weighted by Crippen LogP contribution is 1.83. The summed E-state index contributed by atoms with van der Waals surface area (Å²) in [5, 5.41) is 0. The molecule has 0 saturated heterocycles. The summed E-state index contributed by atoms with van der Waals surface area (Å²) in [7, 11) is 0. The molecule has 0 aromatic rings. The maximum absolute atomic E-state index is 10.7. The molecular formula is C2H2BrFO. The Morgan fingerprint density at radius 1 is 1.80 bits per heavy atom. The van der Waals surface area contributed by atoms with Crippen LogP contribution in [-0.2, 0) is 3.83 Å². The van der Waals surface area contributed by atoms with Crippen molar-refractivity contribution in [1.29, 1.82) is 0 Å². The lowest BCUT2D eigenvalue weighted by Gasteiger charge is -1.69. The van der Waals surface area contributed by atoms with E-state index in [9.17, 15) is 4.39 Å². The molecule has 0 heterocycles. The van der Waals surface area contributed by atoms with Gasteiger partial charge in [-0.05, 0) is 0 Å². The van der Waals surface area contributed by atoms with Gasteiger partial charge in [-0.1, -0.05) is 0 Å². The quantitative estimate of drug-likeness (QED) is 0.505. The Kier molecular flexibility index (Phi) is 3.91. The van der Waals surface area contributed by atoms with E-state index < -0.39 is 0 Å². The Labute approximate surface area is 37.9 Å². The first-order valence-corrected chi connectivity index (χ1v) is 1.59. The molecule has 3 heteroatoms. The molecule has 0 bridgehead atoms. The van der Waals surface area contributed by atoms with Crippen molar-refractivity contribution in [1.82, 2.24) is 0 Å². The monoisotopic (exact) mass is 140 g/mol. The van der Waals surface area contributed by atoms with E-state index in [1.54, 1.807) is 0 Å². The van der Waals surface area contributed by atoms with E-state index in [4.69, 9.17) is 0 Å². The minimum absolute atomic E-state index is 0.286. The van der Waals surface area contributed by atoms with E-state index in [1.807, 2.05) is 0 Å². The first-order valence-electron chi connectivity index (χ1n) is 0.942. The molecule has 0 amide bonds. The van der Waals surface area contributed by atoms with Crippen molar-refractivity contribution in [2.75, 3.05) is 0 Å². The second-order valence-electron chi connectivity index (χ2n) is 0.351. The lowest BCUT2D eigenvalue weighted by molar-refractivity contribution is 0.565. The molecule has 0 saturated carbocycles. The van der Waals surface area contributed by atoms with Crippen LogP contribution in [0.1, 0.15) is 0 Å². The minimum atomic E-state index is 0.286. The molecule has 0 radical (unpaired) electrons. The van der Waals surface area contributed by atoms with Crippen LogP contribution in [0.15, 0.2) is 12.6 Å². The fourth-order valence-electron chi connectivity index (χ4n) is 0.0194. The summed E-state index contributed by atoms with van der Waals surface area (Å²) in [4.78, 5) is 0. The van der Waals surface area contributed by atoms with Gasteiger partial charge in [0.05, 0.1) is 0 Å². The first kappa shape index (κ1) is 4.95. The topological polar surface area (TPSA) is 9.23 Å². The van der Waals surface area contributed by atoms with Crippen molar-refractivity contribution in [3.63, 3.8) is 0 Å². The molecule has 30 valence electrons. The van der Waals surface area contributed by atoms with E-state index in [1.165, 1.54) is 0 Å². The van der Waals surface area contributed by atoms with Gasteiger partial charge in [-0.3, -0.25) is 0 Å². The molecule has 0 N–H and O–H groups in total. The third kappa shape index (κ3) is 3.95. The zero-order valence-electron chi connectivity index (χ0n) is 2.32.